The smallest absolute Gasteiger partial charge is 0.326 e. The van der Waals surface area contributed by atoms with E-state index in [2.05, 4.69) is 16.0 Å². The number of nitrogens with two attached hydrogens (primary N) is 3. The van der Waals surface area contributed by atoms with Gasteiger partial charge in [0.15, 0.2) is 0 Å². The van der Waals surface area contributed by atoms with Crippen molar-refractivity contribution < 1.29 is 34.2 Å². The number of carbonyl (C=O) groups excluding carboxylic acids is 4. The normalized spacial score (nSPS) is 14.7. The molecule has 4 unspecified atom stereocenters. The zero-order valence-corrected chi connectivity index (χ0v) is 16.9. The Hall–Kier alpha value is -2.77. The number of primary amides is 1. The summed E-state index contributed by atoms with van der Waals surface area (Å²) in [6.07, 6.45) is -0.617. The van der Waals surface area contributed by atoms with Gasteiger partial charge in [-0.15, -0.1) is 0 Å². The van der Waals surface area contributed by atoms with Gasteiger partial charge in [-0.25, -0.2) is 4.79 Å². The van der Waals surface area contributed by atoms with Crippen molar-refractivity contribution in [1.82, 2.24) is 16.0 Å². The SMILES string of the molecule is CC(O)C(NC(=O)C(CCC(N)=O)NC(=O)CN)C(=O)NC(CCCCN)C(=O)O. The molecule has 0 aliphatic heterocycles. The molecule has 0 aliphatic rings. The summed E-state index contributed by atoms with van der Waals surface area (Å²) in [5, 5.41) is 26.0. The second-order valence-electron chi connectivity index (χ2n) is 6.74. The number of amides is 4. The zero-order chi connectivity index (χ0) is 23.3. The maximum Gasteiger partial charge on any atom is 0.326 e. The van der Waals surface area contributed by atoms with E-state index in [1.165, 1.54) is 6.92 Å². The van der Waals surface area contributed by atoms with Crippen molar-refractivity contribution >= 4 is 29.6 Å². The molecule has 172 valence electrons. The first-order valence-corrected chi connectivity index (χ1v) is 9.52. The van der Waals surface area contributed by atoms with Crippen LogP contribution in [0.2, 0.25) is 0 Å². The van der Waals surface area contributed by atoms with Crippen molar-refractivity contribution in [3.05, 3.63) is 0 Å². The van der Waals surface area contributed by atoms with Crippen molar-refractivity contribution in [3.63, 3.8) is 0 Å². The number of carboxylic acid groups (broad SMARTS) is 1. The van der Waals surface area contributed by atoms with Crippen molar-refractivity contribution in [2.45, 2.75) is 63.3 Å². The number of rotatable bonds is 15. The number of unbranched alkanes of at least 4 members (excludes halogenated alkanes) is 1. The summed E-state index contributed by atoms with van der Waals surface area (Å²) in [6.45, 7) is 1.18. The van der Waals surface area contributed by atoms with E-state index < -0.39 is 60.4 Å². The Labute approximate surface area is 174 Å². The van der Waals surface area contributed by atoms with E-state index in [9.17, 15) is 34.2 Å². The molecule has 11 N–H and O–H groups in total. The summed E-state index contributed by atoms with van der Waals surface area (Å²) >= 11 is 0. The monoisotopic (exact) mass is 432 g/mol. The average Bonchev–Trinajstić information content (AvgIpc) is 2.67. The van der Waals surface area contributed by atoms with Gasteiger partial charge in [-0.05, 0) is 39.2 Å². The van der Waals surface area contributed by atoms with Crippen LogP contribution in [-0.2, 0) is 24.0 Å². The number of aliphatic hydroxyl groups excluding tert-OH is 1. The number of hydrogen-bond donors (Lipinski definition) is 8. The molecule has 0 aromatic carbocycles. The van der Waals surface area contributed by atoms with E-state index in [1.807, 2.05) is 0 Å². The molecule has 4 atom stereocenters. The first-order valence-electron chi connectivity index (χ1n) is 9.52. The summed E-state index contributed by atoms with van der Waals surface area (Å²) in [6, 6.07) is -3.97. The standard InChI is InChI=1S/C17H32N6O7/c1-9(24)14(16(28)22-11(17(29)30)4-2-3-7-18)23-15(27)10(5-6-12(20)25)21-13(26)8-19/h9-11,14,24H,2-8,18-19H2,1H3,(H2,20,25)(H,21,26)(H,22,28)(H,23,27)(H,29,30). The van der Waals surface area contributed by atoms with Gasteiger partial charge in [-0.1, -0.05) is 0 Å². The van der Waals surface area contributed by atoms with Gasteiger partial charge >= 0.3 is 5.97 Å². The van der Waals surface area contributed by atoms with E-state index in [0.717, 1.165) is 0 Å². The van der Waals surface area contributed by atoms with Crippen LogP contribution in [0, 0.1) is 0 Å². The molecule has 0 saturated carbocycles. The maximum absolute atomic E-state index is 12.5. The molecular formula is C17H32N6O7. The van der Waals surface area contributed by atoms with Crippen LogP contribution in [0.25, 0.3) is 0 Å². The second-order valence-corrected chi connectivity index (χ2v) is 6.74. The zero-order valence-electron chi connectivity index (χ0n) is 16.9. The average molecular weight is 432 g/mol. The van der Waals surface area contributed by atoms with Crippen LogP contribution >= 0.6 is 0 Å². The quantitative estimate of drug-likeness (QED) is 0.118. The number of aliphatic hydroxyl groups is 1. The number of hydrogen-bond acceptors (Lipinski definition) is 8. The van der Waals surface area contributed by atoms with Crippen LogP contribution in [0.1, 0.15) is 39.0 Å². The van der Waals surface area contributed by atoms with Gasteiger partial charge < -0.3 is 43.4 Å². The molecule has 0 aromatic heterocycles. The Morgan fingerprint density at radius 1 is 0.900 bits per heavy atom. The molecule has 0 spiro atoms. The Morgan fingerprint density at radius 3 is 2.00 bits per heavy atom. The van der Waals surface area contributed by atoms with Gasteiger partial charge in [-0.3, -0.25) is 19.2 Å². The number of aliphatic carboxylic acids is 1. The summed E-state index contributed by atoms with van der Waals surface area (Å²) in [5.74, 6) is -4.44. The molecule has 0 aromatic rings. The first-order chi connectivity index (χ1) is 14.0. The van der Waals surface area contributed by atoms with Crippen molar-refractivity contribution in [2.24, 2.45) is 17.2 Å². The third kappa shape index (κ3) is 10.7. The fraction of sp³-hybridized carbons (Fsp3) is 0.706. The van der Waals surface area contributed by atoms with Crippen LogP contribution in [0.4, 0.5) is 0 Å². The van der Waals surface area contributed by atoms with Crippen LogP contribution < -0.4 is 33.2 Å². The lowest BCUT2D eigenvalue weighted by Gasteiger charge is -2.26. The van der Waals surface area contributed by atoms with Crippen molar-refractivity contribution in [1.29, 1.82) is 0 Å². The van der Waals surface area contributed by atoms with E-state index in [-0.39, 0.29) is 19.3 Å². The summed E-state index contributed by atoms with van der Waals surface area (Å²) in [5.41, 5.74) is 15.6. The van der Waals surface area contributed by atoms with E-state index in [0.29, 0.717) is 19.4 Å². The molecular weight excluding hydrogens is 400 g/mol. The summed E-state index contributed by atoms with van der Waals surface area (Å²) < 4.78 is 0. The highest BCUT2D eigenvalue weighted by molar-refractivity contribution is 5.94. The minimum absolute atomic E-state index is 0.118. The second kappa shape index (κ2) is 14.3. The van der Waals surface area contributed by atoms with Crippen LogP contribution in [-0.4, -0.2) is 77.1 Å². The molecule has 0 saturated heterocycles. The molecule has 0 rings (SSSR count). The Morgan fingerprint density at radius 2 is 1.53 bits per heavy atom. The van der Waals surface area contributed by atoms with Gasteiger partial charge in [0, 0.05) is 6.42 Å². The molecule has 4 amide bonds. The summed E-state index contributed by atoms with van der Waals surface area (Å²) in [7, 11) is 0. The lowest BCUT2D eigenvalue weighted by atomic mass is 10.1. The summed E-state index contributed by atoms with van der Waals surface area (Å²) in [4.78, 5) is 58.9. The van der Waals surface area contributed by atoms with Crippen molar-refractivity contribution in [2.75, 3.05) is 13.1 Å². The lowest BCUT2D eigenvalue weighted by Crippen LogP contribution is -2.59. The largest absolute Gasteiger partial charge is 0.480 e. The van der Waals surface area contributed by atoms with E-state index >= 15 is 0 Å². The van der Waals surface area contributed by atoms with Crippen LogP contribution in [0.15, 0.2) is 0 Å². The molecule has 0 fully saturated rings. The van der Waals surface area contributed by atoms with Crippen molar-refractivity contribution in [3.8, 4) is 0 Å². The van der Waals surface area contributed by atoms with E-state index in [1.54, 1.807) is 0 Å². The van der Waals surface area contributed by atoms with Gasteiger partial charge in [-0.2, -0.15) is 0 Å². The Balaban J connectivity index is 5.23. The highest BCUT2D eigenvalue weighted by atomic mass is 16.4. The fourth-order valence-corrected chi connectivity index (χ4v) is 2.48. The molecule has 0 aliphatic carbocycles. The predicted molar refractivity (Wildman–Crippen MR) is 105 cm³/mol. The highest BCUT2D eigenvalue weighted by Crippen LogP contribution is 2.04. The van der Waals surface area contributed by atoms with E-state index in [4.69, 9.17) is 17.2 Å². The Kier molecular flexibility index (Phi) is 12.9. The Bertz CT molecular complexity index is 613. The van der Waals surface area contributed by atoms with Crippen LogP contribution in [0.3, 0.4) is 0 Å². The first kappa shape index (κ1) is 27.2. The number of carbonyl (C=O) groups is 5. The minimum Gasteiger partial charge on any atom is -0.480 e. The molecule has 30 heavy (non-hydrogen) atoms. The number of carboxylic acids is 1. The van der Waals surface area contributed by atoms with Gasteiger partial charge in [0.05, 0.1) is 12.6 Å². The molecule has 0 heterocycles. The number of nitrogens with one attached hydrogen (secondary N) is 3. The molecule has 0 radical (unpaired) electrons. The molecule has 0 bridgehead atoms. The minimum atomic E-state index is -1.50. The fourth-order valence-electron chi connectivity index (χ4n) is 2.48. The molecule has 13 heteroatoms. The topological polar surface area (TPSA) is 240 Å². The van der Waals surface area contributed by atoms with Gasteiger partial charge in [0.25, 0.3) is 0 Å². The third-order valence-corrected chi connectivity index (χ3v) is 4.14. The molecule has 13 nitrogen and oxygen atoms in total. The maximum atomic E-state index is 12.5. The third-order valence-electron chi connectivity index (χ3n) is 4.14. The van der Waals surface area contributed by atoms with Gasteiger partial charge in [0.2, 0.25) is 23.6 Å². The van der Waals surface area contributed by atoms with Gasteiger partial charge in [0.1, 0.15) is 18.1 Å². The van der Waals surface area contributed by atoms with Crippen LogP contribution in [0.5, 0.6) is 0 Å². The predicted octanol–water partition coefficient (Wildman–Crippen LogP) is -3.74. The lowest BCUT2D eigenvalue weighted by molar-refractivity contribution is -0.143. The highest BCUT2D eigenvalue weighted by Gasteiger charge is 2.32.